The minimum Gasteiger partial charge on any atom is -0.490 e. The maximum Gasteiger partial charge on any atom is 0.308 e. The summed E-state index contributed by atoms with van der Waals surface area (Å²) in [6, 6.07) is 13.6. The largest absolute Gasteiger partial charge is 0.490 e. The lowest BCUT2D eigenvalue weighted by Gasteiger charge is -2.13. The van der Waals surface area contributed by atoms with Crippen molar-refractivity contribution in [2.75, 3.05) is 13.7 Å². The average molecular weight is 260 g/mol. The van der Waals surface area contributed by atoms with E-state index in [4.69, 9.17) is 4.74 Å². The average Bonchev–Trinajstić information content (AvgIpc) is 2.44. The highest BCUT2D eigenvalue weighted by Crippen LogP contribution is 2.25. The van der Waals surface area contributed by atoms with Gasteiger partial charge in [-0.25, -0.2) is 0 Å². The standard InChI is InChI=1S/C15H16O4/c1-18-15(17)9-12(16)10-19-14-8-4-6-11-5-2-3-7-13(11)14/h2-8,12,16H,9-10H2,1H3/t12-/m0/s1. The molecule has 0 saturated carbocycles. The second-order valence-electron chi connectivity index (χ2n) is 4.22. The van der Waals surface area contributed by atoms with E-state index in [2.05, 4.69) is 4.74 Å². The van der Waals surface area contributed by atoms with E-state index in [1.54, 1.807) is 0 Å². The Morgan fingerprint density at radius 1 is 1.21 bits per heavy atom. The van der Waals surface area contributed by atoms with Gasteiger partial charge in [-0.05, 0) is 11.5 Å². The molecule has 1 atom stereocenters. The number of aliphatic hydroxyl groups is 1. The molecule has 0 fully saturated rings. The number of aliphatic hydroxyl groups excluding tert-OH is 1. The van der Waals surface area contributed by atoms with E-state index in [0.29, 0.717) is 5.75 Å². The summed E-state index contributed by atoms with van der Waals surface area (Å²) >= 11 is 0. The molecule has 0 radical (unpaired) electrons. The molecule has 0 unspecified atom stereocenters. The number of carbonyl (C=O) groups excluding carboxylic acids is 1. The van der Waals surface area contributed by atoms with Gasteiger partial charge in [-0.15, -0.1) is 0 Å². The van der Waals surface area contributed by atoms with Crippen molar-refractivity contribution in [2.24, 2.45) is 0 Å². The molecule has 19 heavy (non-hydrogen) atoms. The summed E-state index contributed by atoms with van der Waals surface area (Å²) in [4.78, 5) is 11.0. The first-order chi connectivity index (χ1) is 9.20. The third-order valence-electron chi connectivity index (χ3n) is 2.81. The van der Waals surface area contributed by atoms with Crippen molar-refractivity contribution in [3.63, 3.8) is 0 Å². The fraction of sp³-hybridized carbons (Fsp3) is 0.267. The highest BCUT2D eigenvalue weighted by atomic mass is 16.5. The Bertz CT molecular complexity index is 560. The van der Waals surface area contributed by atoms with Gasteiger partial charge in [0.2, 0.25) is 0 Å². The SMILES string of the molecule is COC(=O)C[C@H](O)COc1cccc2ccccc12. The van der Waals surface area contributed by atoms with Gasteiger partial charge in [0.1, 0.15) is 12.4 Å². The van der Waals surface area contributed by atoms with Gasteiger partial charge in [0.05, 0.1) is 19.6 Å². The van der Waals surface area contributed by atoms with Crippen LogP contribution in [0.1, 0.15) is 6.42 Å². The summed E-state index contributed by atoms with van der Waals surface area (Å²) in [5.41, 5.74) is 0. The molecule has 2 aromatic rings. The van der Waals surface area contributed by atoms with Gasteiger partial charge in [-0.1, -0.05) is 36.4 Å². The first-order valence-corrected chi connectivity index (χ1v) is 6.06. The summed E-state index contributed by atoms with van der Waals surface area (Å²) in [6.45, 7) is 0.0586. The topological polar surface area (TPSA) is 55.8 Å². The van der Waals surface area contributed by atoms with Crippen molar-refractivity contribution in [1.82, 2.24) is 0 Å². The Morgan fingerprint density at radius 2 is 1.95 bits per heavy atom. The highest BCUT2D eigenvalue weighted by molar-refractivity contribution is 5.88. The van der Waals surface area contributed by atoms with Crippen LogP contribution in [0, 0.1) is 0 Å². The van der Waals surface area contributed by atoms with Gasteiger partial charge < -0.3 is 14.6 Å². The quantitative estimate of drug-likeness (QED) is 0.837. The summed E-state index contributed by atoms with van der Waals surface area (Å²) < 4.78 is 10.1. The number of esters is 1. The van der Waals surface area contributed by atoms with Crippen molar-refractivity contribution < 1.29 is 19.4 Å². The van der Waals surface area contributed by atoms with Crippen LogP contribution in [0.5, 0.6) is 5.75 Å². The zero-order chi connectivity index (χ0) is 13.7. The minimum absolute atomic E-state index is 0.0586. The number of rotatable bonds is 5. The molecule has 2 aromatic carbocycles. The van der Waals surface area contributed by atoms with E-state index in [9.17, 15) is 9.90 Å². The predicted octanol–water partition coefficient (Wildman–Crippen LogP) is 2.14. The lowest BCUT2D eigenvalue weighted by Crippen LogP contribution is -2.22. The molecule has 0 bridgehead atoms. The van der Waals surface area contributed by atoms with Crippen LogP contribution in [0.3, 0.4) is 0 Å². The number of hydrogen-bond acceptors (Lipinski definition) is 4. The van der Waals surface area contributed by atoms with Crippen molar-refractivity contribution >= 4 is 16.7 Å². The van der Waals surface area contributed by atoms with Crippen LogP contribution < -0.4 is 4.74 Å². The molecule has 0 amide bonds. The van der Waals surface area contributed by atoms with Crippen LogP contribution in [0.15, 0.2) is 42.5 Å². The molecule has 0 saturated heterocycles. The first kappa shape index (κ1) is 13.4. The predicted molar refractivity (Wildman–Crippen MR) is 72.1 cm³/mol. The molecule has 0 aromatic heterocycles. The van der Waals surface area contributed by atoms with E-state index in [0.717, 1.165) is 10.8 Å². The van der Waals surface area contributed by atoms with E-state index in [1.165, 1.54) is 7.11 Å². The second-order valence-corrected chi connectivity index (χ2v) is 4.22. The molecule has 2 rings (SSSR count). The summed E-state index contributed by atoms with van der Waals surface area (Å²) in [5, 5.41) is 11.7. The van der Waals surface area contributed by atoms with Crippen LogP contribution >= 0.6 is 0 Å². The van der Waals surface area contributed by atoms with E-state index in [1.807, 2.05) is 42.5 Å². The fourth-order valence-electron chi connectivity index (χ4n) is 1.84. The maximum absolute atomic E-state index is 11.0. The van der Waals surface area contributed by atoms with Crippen LogP contribution in [-0.4, -0.2) is 30.9 Å². The van der Waals surface area contributed by atoms with Gasteiger partial charge in [0.25, 0.3) is 0 Å². The Labute approximate surface area is 111 Å². The number of carbonyl (C=O) groups is 1. The first-order valence-electron chi connectivity index (χ1n) is 6.06. The van der Waals surface area contributed by atoms with Gasteiger partial charge in [0, 0.05) is 5.39 Å². The van der Waals surface area contributed by atoms with Crippen LogP contribution in [-0.2, 0) is 9.53 Å². The Balaban J connectivity index is 2.04. The normalized spacial score (nSPS) is 12.1. The molecule has 0 heterocycles. The third-order valence-corrected chi connectivity index (χ3v) is 2.81. The van der Waals surface area contributed by atoms with Gasteiger partial charge in [-0.2, -0.15) is 0 Å². The number of ether oxygens (including phenoxy) is 2. The van der Waals surface area contributed by atoms with Gasteiger partial charge in [0.15, 0.2) is 0 Å². The molecule has 4 nitrogen and oxygen atoms in total. The Kier molecular flexibility index (Phi) is 4.36. The third kappa shape index (κ3) is 3.45. The van der Waals surface area contributed by atoms with Crippen LogP contribution in [0.2, 0.25) is 0 Å². The number of benzene rings is 2. The summed E-state index contributed by atoms with van der Waals surface area (Å²) in [7, 11) is 1.29. The van der Waals surface area contributed by atoms with Crippen LogP contribution in [0.4, 0.5) is 0 Å². The van der Waals surface area contributed by atoms with E-state index < -0.39 is 12.1 Å². The highest BCUT2D eigenvalue weighted by Gasteiger charge is 2.12. The minimum atomic E-state index is -0.869. The monoisotopic (exact) mass is 260 g/mol. The van der Waals surface area contributed by atoms with Crippen molar-refractivity contribution in [3.05, 3.63) is 42.5 Å². The number of hydrogen-bond donors (Lipinski definition) is 1. The molecule has 4 heteroatoms. The molecule has 0 aliphatic heterocycles. The maximum atomic E-state index is 11.0. The van der Waals surface area contributed by atoms with Gasteiger partial charge in [-0.3, -0.25) is 4.79 Å². The lowest BCUT2D eigenvalue weighted by atomic mass is 10.1. The molecule has 0 aliphatic carbocycles. The van der Waals surface area contributed by atoms with Gasteiger partial charge >= 0.3 is 5.97 Å². The number of fused-ring (bicyclic) bond motifs is 1. The molecule has 1 N–H and O–H groups in total. The fourth-order valence-corrected chi connectivity index (χ4v) is 1.84. The molecular formula is C15H16O4. The molecule has 0 spiro atoms. The Morgan fingerprint density at radius 3 is 2.74 bits per heavy atom. The molecule has 0 aliphatic rings. The van der Waals surface area contributed by atoms with Crippen molar-refractivity contribution in [3.8, 4) is 5.75 Å². The zero-order valence-electron chi connectivity index (χ0n) is 10.7. The van der Waals surface area contributed by atoms with Crippen molar-refractivity contribution in [2.45, 2.75) is 12.5 Å². The van der Waals surface area contributed by atoms with Crippen LogP contribution in [0.25, 0.3) is 10.8 Å². The number of methoxy groups -OCH3 is 1. The zero-order valence-corrected chi connectivity index (χ0v) is 10.7. The van der Waals surface area contributed by atoms with Crippen molar-refractivity contribution in [1.29, 1.82) is 0 Å². The summed E-state index contributed by atoms with van der Waals surface area (Å²) in [6.07, 6.45) is -0.937. The Hall–Kier alpha value is -2.07. The smallest absolute Gasteiger partial charge is 0.308 e. The summed E-state index contributed by atoms with van der Waals surface area (Å²) in [5.74, 6) is 0.246. The molecular weight excluding hydrogens is 244 g/mol. The van der Waals surface area contributed by atoms with E-state index in [-0.39, 0.29) is 13.0 Å². The van der Waals surface area contributed by atoms with E-state index >= 15 is 0 Å². The molecule has 100 valence electrons. The lowest BCUT2D eigenvalue weighted by molar-refractivity contribution is -0.143. The second kappa shape index (κ2) is 6.20.